The Morgan fingerprint density at radius 2 is 1.56 bits per heavy atom. The van der Waals surface area contributed by atoms with Crippen molar-refractivity contribution in [2.45, 2.75) is 78.6 Å². The number of hydrogen-bond acceptors (Lipinski definition) is 6. The number of aliphatic carboxylic acids is 2. The molecule has 3 atom stereocenters. The highest BCUT2D eigenvalue weighted by atomic mass is 16.5. The van der Waals surface area contributed by atoms with Crippen molar-refractivity contribution < 1.29 is 29.3 Å². The number of carbonyl (C=O) groups is 3. The van der Waals surface area contributed by atoms with Crippen LogP contribution in [0.5, 0.6) is 0 Å². The fourth-order valence-corrected chi connectivity index (χ4v) is 3.38. The van der Waals surface area contributed by atoms with E-state index in [0.717, 1.165) is 11.1 Å². The number of carboxylic acid groups (broad SMARTS) is 2. The molecule has 0 bridgehead atoms. The van der Waals surface area contributed by atoms with Crippen LogP contribution in [0.15, 0.2) is 48.5 Å². The molecule has 0 fully saturated rings. The summed E-state index contributed by atoms with van der Waals surface area (Å²) in [5.74, 6) is -1.99. The summed E-state index contributed by atoms with van der Waals surface area (Å²) in [6.45, 7) is 9.77. The number of aryl methyl sites for hydroxylation is 3. The van der Waals surface area contributed by atoms with Crippen molar-refractivity contribution >= 4 is 17.9 Å². The van der Waals surface area contributed by atoms with Gasteiger partial charge in [0.15, 0.2) is 0 Å². The van der Waals surface area contributed by atoms with Crippen LogP contribution in [0.4, 0.5) is 0 Å². The van der Waals surface area contributed by atoms with Gasteiger partial charge in [0.1, 0.15) is 24.7 Å². The molecule has 0 aliphatic carbocycles. The molecule has 2 aromatic carbocycles. The summed E-state index contributed by atoms with van der Waals surface area (Å²) in [5, 5.41) is 20.7. The molecule has 0 saturated heterocycles. The maximum atomic E-state index is 12.2. The summed E-state index contributed by atoms with van der Waals surface area (Å²) < 4.78 is 5.27. The van der Waals surface area contributed by atoms with E-state index in [4.69, 9.17) is 15.6 Å². The first-order valence-electron chi connectivity index (χ1n) is 12.1. The van der Waals surface area contributed by atoms with E-state index in [-0.39, 0.29) is 6.61 Å². The number of hydrogen-bond donors (Lipinski definition) is 4. The van der Waals surface area contributed by atoms with Crippen LogP contribution in [0.1, 0.15) is 55.9 Å². The quantitative estimate of drug-likeness (QED) is 0.322. The largest absolute Gasteiger partial charge is 0.480 e. The minimum Gasteiger partial charge on any atom is -0.480 e. The van der Waals surface area contributed by atoms with Crippen LogP contribution in [0.25, 0.3) is 0 Å². The van der Waals surface area contributed by atoms with Gasteiger partial charge < -0.3 is 20.7 Å². The van der Waals surface area contributed by atoms with Gasteiger partial charge >= 0.3 is 17.9 Å². The predicted octanol–water partition coefficient (Wildman–Crippen LogP) is 3.86. The normalized spacial score (nSPS) is 13.2. The zero-order chi connectivity index (χ0) is 27.3. The lowest BCUT2D eigenvalue weighted by Crippen LogP contribution is -2.46. The van der Waals surface area contributed by atoms with Gasteiger partial charge in [-0.05, 0) is 68.2 Å². The summed E-state index contributed by atoms with van der Waals surface area (Å²) in [4.78, 5) is 33.8. The summed E-state index contributed by atoms with van der Waals surface area (Å²) in [6, 6.07) is 13.3. The van der Waals surface area contributed by atoms with Crippen molar-refractivity contribution in [3.05, 3.63) is 70.8 Å². The maximum absolute atomic E-state index is 12.2. The molecule has 36 heavy (non-hydrogen) atoms. The topological polar surface area (TPSA) is 139 Å². The maximum Gasteiger partial charge on any atom is 0.323 e. The van der Waals surface area contributed by atoms with Gasteiger partial charge in [-0.25, -0.2) is 0 Å². The first-order chi connectivity index (χ1) is 16.9. The molecule has 0 aliphatic heterocycles. The molecule has 0 amide bonds. The molecular formula is C28H40N2O6. The molecule has 2 rings (SSSR count). The second-order valence-electron chi connectivity index (χ2n) is 9.40. The second kappa shape index (κ2) is 15.7. The smallest absolute Gasteiger partial charge is 0.323 e. The lowest BCUT2D eigenvalue weighted by molar-refractivity contribution is -0.148. The second-order valence-corrected chi connectivity index (χ2v) is 9.40. The van der Waals surface area contributed by atoms with E-state index in [1.54, 1.807) is 6.92 Å². The van der Waals surface area contributed by atoms with Crippen LogP contribution in [-0.2, 0) is 32.1 Å². The third-order valence-corrected chi connectivity index (χ3v) is 5.66. The van der Waals surface area contributed by atoms with Crippen LogP contribution < -0.4 is 11.1 Å². The summed E-state index contributed by atoms with van der Waals surface area (Å²) in [6.07, 6.45) is 1.57. The molecular weight excluding hydrogens is 460 g/mol. The van der Waals surface area contributed by atoms with E-state index < -0.39 is 36.0 Å². The number of esters is 1. The van der Waals surface area contributed by atoms with E-state index in [1.165, 1.54) is 11.1 Å². The number of carbonyl (C=O) groups excluding carboxylic acids is 1. The highest BCUT2D eigenvalue weighted by molar-refractivity contribution is 5.78. The lowest BCUT2D eigenvalue weighted by atomic mass is 10.0. The van der Waals surface area contributed by atoms with Crippen LogP contribution in [0.3, 0.4) is 0 Å². The molecule has 8 heteroatoms. The molecule has 0 aromatic heterocycles. The van der Waals surface area contributed by atoms with Gasteiger partial charge in [-0.2, -0.15) is 0 Å². The Balaban J connectivity index is 0.000000613. The molecule has 2 aromatic rings. The van der Waals surface area contributed by atoms with Crippen molar-refractivity contribution in [2.75, 3.05) is 0 Å². The number of nitrogens with two attached hydrogens (primary N) is 1. The zero-order valence-electron chi connectivity index (χ0n) is 21.9. The average molecular weight is 501 g/mol. The first-order valence-corrected chi connectivity index (χ1v) is 12.1. The van der Waals surface area contributed by atoms with Crippen LogP contribution in [-0.4, -0.2) is 46.2 Å². The Morgan fingerprint density at radius 3 is 2.06 bits per heavy atom. The van der Waals surface area contributed by atoms with E-state index in [2.05, 4.69) is 11.4 Å². The molecule has 0 radical (unpaired) electrons. The van der Waals surface area contributed by atoms with Crippen molar-refractivity contribution in [2.24, 2.45) is 11.7 Å². The standard InChI is InChI=1S/C22H27NO4.C6H13NO2/c1-15-9-10-18(13-16(15)2)11-12-20(21(24)25)23-17(3)22(26)27-14-19-7-5-4-6-8-19;1-4(2)3-5(7)6(8)9/h4-10,13,17,20,23H,11-12,14H2,1-3H3,(H,24,25);4-5H,3,7H2,1-2H3,(H,8,9)/t17-,20+;/m1./s1. The Kier molecular flexibility index (Phi) is 13.4. The predicted molar refractivity (Wildman–Crippen MR) is 140 cm³/mol. The molecule has 0 spiro atoms. The Hall–Kier alpha value is -3.23. The van der Waals surface area contributed by atoms with Crippen molar-refractivity contribution in [1.29, 1.82) is 0 Å². The number of carboxylic acids is 2. The highest BCUT2D eigenvalue weighted by Crippen LogP contribution is 2.13. The van der Waals surface area contributed by atoms with E-state index in [9.17, 15) is 19.5 Å². The first kappa shape index (κ1) is 30.8. The molecule has 198 valence electrons. The summed E-state index contributed by atoms with van der Waals surface area (Å²) in [7, 11) is 0. The van der Waals surface area contributed by atoms with Gasteiger partial charge in [0.25, 0.3) is 0 Å². The van der Waals surface area contributed by atoms with Gasteiger partial charge in [-0.3, -0.25) is 19.7 Å². The Morgan fingerprint density at radius 1 is 0.917 bits per heavy atom. The Bertz CT molecular complexity index is 977. The van der Waals surface area contributed by atoms with Crippen molar-refractivity contribution in [3.63, 3.8) is 0 Å². The van der Waals surface area contributed by atoms with E-state index >= 15 is 0 Å². The third kappa shape index (κ3) is 12.0. The van der Waals surface area contributed by atoms with Gasteiger partial charge in [0.05, 0.1) is 0 Å². The number of benzene rings is 2. The van der Waals surface area contributed by atoms with E-state index in [0.29, 0.717) is 25.2 Å². The van der Waals surface area contributed by atoms with Crippen LogP contribution in [0.2, 0.25) is 0 Å². The summed E-state index contributed by atoms with van der Waals surface area (Å²) >= 11 is 0. The van der Waals surface area contributed by atoms with Gasteiger partial charge in [0.2, 0.25) is 0 Å². The van der Waals surface area contributed by atoms with E-state index in [1.807, 2.05) is 70.2 Å². The fraction of sp³-hybridized carbons (Fsp3) is 0.464. The van der Waals surface area contributed by atoms with Gasteiger partial charge in [-0.1, -0.05) is 62.4 Å². The molecule has 0 aliphatic rings. The third-order valence-electron chi connectivity index (χ3n) is 5.66. The molecule has 5 N–H and O–H groups in total. The average Bonchev–Trinajstić information content (AvgIpc) is 2.82. The molecule has 1 unspecified atom stereocenters. The minimum absolute atomic E-state index is 0.173. The fourth-order valence-electron chi connectivity index (χ4n) is 3.38. The molecule has 0 saturated carbocycles. The molecule has 0 heterocycles. The van der Waals surface area contributed by atoms with Crippen molar-refractivity contribution in [3.8, 4) is 0 Å². The zero-order valence-corrected chi connectivity index (χ0v) is 21.9. The number of ether oxygens (including phenoxy) is 1. The Labute approximate surface area is 213 Å². The summed E-state index contributed by atoms with van der Waals surface area (Å²) in [5.41, 5.74) is 9.59. The minimum atomic E-state index is -0.971. The van der Waals surface area contributed by atoms with Gasteiger partial charge in [-0.15, -0.1) is 0 Å². The highest BCUT2D eigenvalue weighted by Gasteiger charge is 2.24. The lowest BCUT2D eigenvalue weighted by Gasteiger charge is -2.19. The van der Waals surface area contributed by atoms with Crippen molar-refractivity contribution in [1.82, 2.24) is 5.32 Å². The van der Waals surface area contributed by atoms with Crippen LogP contribution in [0, 0.1) is 19.8 Å². The number of nitrogens with one attached hydrogen (secondary N) is 1. The van der Waals surface area contributed by atoms with Crippen LogP contribution >= 0.6 is 0 Å². The number of rotatable bonds is 12. The molecule has 8 nitrogen and oxygen atoms in total. The monoisotopic (exact) mass is 500 g/mol. The SMILES string of the molecule is CC(C)CC(N)C(=O)O.Cc1ccc(CC[C@H](N[C@H](C)C(=O)OCc2ccccc2)C(=O)O)cc1C. The van der Waals surface area contributed by atoms with Gasteiger partial charge in [0, 0.05) is 0 Å².